The van der Waals surface area contributed by atoms with E-state index in [1.807, 2.05) is 48.5 Å². The summed E-state index contributed by atoms with van der Waals surface area (Å²) in [4.78, 5) is 24.4. The largest absolute Gasteiger partial charge is 0.294 e. The van der Waals surface area contributed by atoms with Gasteiger partial charge in [-0.3, -0.25) is 9.59 Å². The lowest BCUT2D eigenvalue weighted by Crippen LogP contribution is -2.08. The molecule has 0 radical (unpaired) electrons. The average molecular weight is 300 g/mol. The lowest BCUT2D eigenvalue weighted by molar-refractivity contribution is 0.0894. The number of hydrogen-bond acceptors (Lipinski definition) is 2. The van der Waals surface area contributed by atoms with Gasteiger partial charge in [0.15, 0.2) is 11.6 Å². The van der Waals surface area contributed by atoms with Gasteiger partial charge in [-0.15, -0.1) is 0 Å². The molecule has 3 aromatic rings. The number of ketones is 2. The predicted octanol–water partition coefficient (Wildman–Crippen LogP) is 4.81. The van der Waals surface area contributed by atoms with Crippen LogP contribution in [-0.2, 0) is 0 Å². The molecule has 0 fully saturated rings. The Balaban J connectivity index is 1.72. The van der Waals surface area contributed by atoms with Crippen LogP contribution in [0.1, 0.15) is 27.1 Å². The van der Waals surface area contributed by atoms with Gasteiger partial charge in [0.25, 0.3) is 0 Å². The van der Waals surface area contributed by atoms with Crippen LogP contribution < -0.4 is 0 Å². The summed E-state index contributed by atoms with van der Waals surface area (Å²) in [5.41, 5.74) is 3.29. The van der Waals surface area contributed by atoms with E-state index >= 15 is 0 Å². The topological polar surface area (TPSA) is 34.1 Å². The molecule has 0 aliphatic heterocycles. The third-order valence-corrected chi connectivity index (χ3v) is 3.73. The van der Waals surface area contributed by atoms with Gasteiger partial charge in [0.2, 0.25) is 0 Å². The van der Waals surface area contributed by atoms with E-state index in [0.29, 0.717) is 11.1 Å². The summed E-state index contributed by atoms with van der Waals surface area (Å²) in [6.07, 6.45) is -0.102. The first-order valence-corrected chi connectivity index (χ1v) is 7.51. The minimum atomic E-state index is -0.154. The first-order valence-electron chi connectivity index (χ1n) is 7.51. The molecule has 23 heavy (non-hydrogen) atoms. The van der Waals surface area contributed by atoms with Crippen LogP contribution in [0.3, 0.4) is 0 Å². The van der Waals surface area contributed by atoms with Crippen LogP contribution in [0.4, 0.5) is 0 Å². The van der Waals surface area contributed by atoms with Gasteiger partial charge < -0.3 is 0 Å². The van der Waals surface area contributed by atoms with Gasteiger partial charge in [-0.2, -0.15) is 0 Å². The second-order valence-electron chi connectivity index (χ2n) is 5.33. The van der Waals surface area contributed by atoms with E-state index in [0.717, 1.165) is 11.1 Å². The Morgan fingerprint density at radius 2 is 0.957 bits per heavy atom. The molecule has 2 heteroatoms. The molecule has 0 aromatic heterocycles. The molecular formula is C21H16O2. The normalized spacial score (nSPS) is 10.3. The maximum absolute atomic E-state index is 12.3. The van der Waals surface area contributed by atoms with E-state index in [1.54, 1.807) is 36.4 Å². The molecular weight excluding hydrogens is 284 g/mol. The Kier molecular flexibility index (Phi) is 4.44. The van der Waals surface area contributed by atoms with Crippen LogP contribution >= 0.6 is 0 Å². The summed E-state index contributed by atoms with van der Waals surface area (Å²) in [7, 11) is 0. The summed E-state index contributed by atoms with van der Waals surface area (Å²) in [6.45, 7) is 0. The Morgan fingerprint density at radius 3 is 1.52 bits per heavy atom. The van der Waals surface area contributed by atoms with Crippen molar-refractivity contribution in [1.29, 1.82) is 0 Å². The van der Waals surface area contributed by atoms with E-state index in [1.165, 1.54) is 0 Å². The lowest BCUT2D eigenvalue weighted by Gasteiger charge is -2.04. The van der Waals surface area contributed by atoms with Crippen LogP contribution in [0.25, 0.3) is 11.1 Å². The Hall–Kier alpha value is -3.00. The Labute approximate surface area is 135 Å². The highest BCUT2D eigenvalue weighted by molar-refractivity contribution is 6.13. The van der Waals surface area contributed by atoms with Gasteiger partial charge in [0.05, 0.1) is 6.42 Å². The monoisotopic (exact) mass is 300 g/mol. The maximum atomic E-state index is 12.3. The van der Waals surface area contributed by atoms with Gasteiger partial charge in [0.1, 0.15) is 0 Å². The van der Waals surface area contributed by atoms with E-state index < -0.39 is 0 Å². The smallest absolute Gasteiger partial charge is 0.170 e. The van der Waals surface area contributed by atoms with Gasteiger partial charge in [0, 0.05) is 11.1 Å². The zero-order valence-corrected chi connectivity index (χ0v) is 12.6. The fraction of sp³-hybridized carbons (Fsp3) is 0.0476. The van der Waals surface area contributed by atoms with Crippen molar-refractivity contribution in [2.45, 2.75) is 6.42 Å². The van der Waals surface area contributed by atoms with Crippen molar-refractivity contribution in [2.24, 2.45) is 0 Å². The number of benzene rings is 3. The molecule has 3 rings (SSSR count). The minimum absolute atomic E-state index is 0.102. The molecule has 0 bridgehead atoms. The molecule has 0 spiro atoms. The van der Waals surface area contributed by atoms with Gasteiger partial charge >= 0.3 is 0 Å². The highest BCUT2D eigenvalue weighted by atomic mass is 16.1. The molecule has 3 aromatic carbocycles. The van der Waals surface area contributed by atoms with Gasteiger partial charge in [-0.1, -0.05) is 84.9 Å². The van der Waals surface area contributed by atoms with Crippen LogP contribution in [0.15, 0.2) is 84.9 Å². The molecule has 0 aliphatic rings. The van der Waals surface area contributed by atoms with Crippen molar-refractivity contribution in [3.63, 3.8) is 0 Å². The van der Waals surface area contributed by atoms with E-state index in [4.69, 9.17) is 0 Å². The molecule has 2 nitrogen and oxygen atoms in total. The third kappa shape index (κ3) is 3.61. The fourth-order valence-electron chi connectivity index (χ4n) is 2.45. The molecule has 0 saturated carbocycles. The quantitative estimate of drug-likeness (QED) is 0.500. The zero-order valence-electron chi connectivity index (χ0n) is 12.6. The van der Waals surface area contributed by atoms with Crippen molar-refractivity contribution in [2.75, 3.05) is 0 Å². The highest BCUT2D eigenvalue weighted by Crippen LogP contribution is 2.20. The van der Waals surface area contributed by atoms with Crippen LogP contribution in [0, 0.1) is 0 Å². The first-order chi connectivity index (χ1) is 11.2. The molecule has 0 atom stereocenters. The van der Waals surface area contributed by atoms with Crippen molar-refractivity contribution < 1.29 is 9.59 Å². The number of rotatable bonds is 5. The van der Waals surface area contributed by atoms with E-state index in [-0.39, 0.29) is 18.0 Å². The third-order valence-electron chi connectivity index (χ3n) is 3.73. The van der Waals surface area contributed by atoms with Crippen molar-refractivity contribution in [1.82, 2.24) is 0 Å². The second-order valence-corrected chi connectivity index (χ2v) is 5.33. The zero-order chi connectivity index (χ0) is 16.1. The molecule has 0 amide bonds. The molecule has 112 valence electrons. The van der Waals surface area contributed by atoms with Crippen molar-refractivity contribution in [3.05, 3.63) is 96.1 Å². The molecule has 0 saturated heterocycles. The van der Waals surface area contributed by atoms with Gasteiger partial charge in [-0.05, 0) is 11.1 Å². The van der Waals surface area contributed by atoms with E-state index in [9.17, 15) is 9.59 Å². The number of hydrogen-bond donors (Lipinski definition) is 0. The minimum Gasteiger partial charge on any atom is -0.294 e. The summed E-state index contributed by atoms with van der Waals surface area (Å²) in [5.74, 6) is -0.304. The second kappa shape index (κ2) is 6.84. The average Bonchev–Trinajstić information content (AvgIpc) is 2.63. The maximum Gasteiger partial charge on any atom is 0.170 e. The van der Waals surface area contributed by atoms with Crippen LogP contribution in [0.5, 0.6) is 0 Å². The standard InChI is InChI=1S/C21H16O2/c22-20(18-9-5-2-6-10-18)15-21(23)19-13-11-17(12-14-19)16-7-3-1-4-8-16/h1-14H,15H2. The summed E-state index contributed by atoms with van der Waals surface area (Å²) >= 11 is 0. The summed E-state index contributed by atoms with van der Waals surface area (Å²) in [5, 5.41) is 0. The molecule has 0 aliphatic carbocycles. The van der Waals surface area contributed by atoms with Gasteiger partial charge in [-0.25, -0.2) is 0 Å². The van der Waals surface area contributed by atoms with Crippen LogP contribution in [0.2, 0.25) is 0 Å². The lowest BCUT2D eigenvalue weighted by atomic mass is 9.99. The molecule has 0 heterocycles. The predicted molar refractivity (Wildman–Crippen MR) is 91.6 cm³/mol. The molecule has 0 unspecified atom stereocenters. The number of Topliss-reactive ketones (excluding diaryl/α,β-unsaturated/α-hetero) is 2. The Morgan fingerprint density at radius 1 is 0.522 bits per heavy atom. The van der Waals surface area contributed by atoms with Crippen molar-refractivity contribution in [3.8, 4) is 11.1 Å². The van der Waals surface area contributed by atoms with Crippen LogP contribution in [-0.4, -0.2) is 11.6 Å². The Bertz CT molecular complexity index is 803. The summed E-state index contributed by atoms with van der Waals surface area (Å²) < 4.78 is 0. The molecule has 0 N–H and O–H groups in total. The summed E-state index contributed by atoms with van der Waals surface area (Å²) in [6, 6.07) is 26.3. The number of carbonyl (C=O) groups is 2. The van der Waals surface area contributed by atoms with Crippen molar-refractivity contribution >= 4 is 11.6 Å². The van der Waals surface area contributed by atoms with E-state index in [2.05, 4.69) is 0 Å². The first kappa shape index (κ1) is 14.9. The number of carbonyl (C=O) groups excluding carboxylic acids is 2. The fourth-order valence-corrected chi connectivity index (χ4v) is 2.45. The highest BCUT2D eigenvalue weighted by Gasteiger charge is 2.13. The SMILES string of the molecule is O=C(CC(=O)c1ccc(-c2ccccc2)cc1)c1ccccc1.